The number of carbonyl (C=O) groups excluding carboxylic acids is 1. The van der Waals surface area contributed by atoms with Crippen molar-refractivity contribution in [2.24, 2.45) is 0 Å². The molecular weight excluding hydrogens is 288 g/mol. The van der Waals surface area contributed by atoms with E-state index in [9.17, 15) is 4.79 Å². The van der Waals surface area contributed by atoms with Crippen LogP contribution in [-0.2, 0) is 4.74 Å². The first-order chi connectivity index (χ1) is 9.99. The van der Waals surface area contributed by atoms with Gasteiger partial charge in [-0.1, -0.05) is 0 Å². The zero-order valence-corrected chi connectivity index (χ0v) is 12.9. The summed E-state index contributed by atoms with van der Waals surface area (Å²) in [5.74, 6) is -0.454. The monoisotopic (exact) mass is 304 g/mol. The molecule has 0 aliphatic rings. The van der Waals surface area contributed by atoms with Crippen molar-refractivity contribution in [3.8, 4) is 0 Å². The largest absolute Gasteiger partial charge is 0.462 e. The molecule has 0 aromatic carbocycles. The maximum atomic E-state index is 12.0. The summed E-state index contributed by atoms with van der Waals surface area (Å²) >= 11 is 1.22. The highest BCUT2D eigenvalue weighted by Crippen LogP contribution is 2.28. The van der Waals surface area contributed by atoms with Crippen LogP contribution in [0.15, 0.2) is 28.5 Å². The van der Waals surface area contributed by atoms with Crippen LogP contribution in [0.25, 0.3) is 0 Å². The average molecular weight is 304 g/mol. The van der Waals surface area contributed by atoms with E-state index in [1.165, 1.54) is 18.0 Å². The SMILES string of the molecule is CCOC(=O)c1cc(N)cnc1Sc1nc(C)cc(C)n1. The molecule has 7 heteroatoms. The molecule has 21 heavy (non-hydrogen) atoms. The van der Waals surface area contributed by atoms with Crippen LogP contribution in [0.4, 0.5) is 5.69 Å². The minimum Gasteiger partial charge on any atom is -0.462 e. The summed E-state index contributed by atoms with van der Waals surface area (Å²) in [5, 5.41) is 1.02. The molecular formula is C14H16N4O2S. The summed E-state index contributed by atoms with van der Waals surface area (Å²) in [6, 6.07) is 3.43. The van der Waals surface area contributed by atoms with Gasteiger partial charge in [-0.3, -0.25) is 0 Å². The Kier molecular flexibility index (Phi) is 4.74. The summed E-state index contributed by atoms with van der Waals surface area (Å²) in [4.78, 5) is 24.8. The van der Waals surface area contributed by atoms with E-state index in [2.05, 4.69) is 15.0 Å². The minimum atomic E-state index is -0.454. The minimum absolute atomic E-state index is 0.289. The molecule has 0 saturated carbocycles. The normalized spacial score (nSPS) is 10.4. The number of aryl methyl sites for hydroxylation is 2. The second-order valence-electron chi connectivity index (χ2n) is 4.38. The Labute approximate surface area is 127 Å². The fraction of sp³-hybridized carbons (Fsp3) is 0.286. The number of carbonyl (C=O) groups is 1. The van der Waals surface area contributed by atoms with E-state index in [0.29, 0.717) is 21.4 Å². The molecule has 2 aromatic rings. The fourth-order valence-electron chi connectivity index (χ4n) is 1.73. The zero-order valence-electron chi connectivity index (χ0n) is 12.1. The van der Waals surface area contributed by atoms with Gasteiger partial charge >= 0.3 is 5.97 Å². The third-order valence-corrected chi connectivity index (χ3v) is 3.40. The summed E-state index contributed by atoms with van der Waals surface area (Å²) < 4.78 is 5.02. The molecule has 2 aromatic heterocycles. The molecule has 110 valence electrons. The first-order valence-corrected chi connectivity index (χ1v) is 7.24. The van der Waals surface area contributed by atoms with Gasteiger partial charge in [0.1, 0.15) is 5.03 Å². The number of hydrogen-bond donors (Lipinski definition) is 1. The van der Waals surface area contributed by atoms with E-state index in [4.69, 9.17) is 10.5 Å². The number of rotatable bonds is 4. The smallest absolute Gasteiger partial charge is 0.340 e. The first-order valence-electron chi connectivity index (χ1n) is 6.42. The van der Waals surface area contributed by atoms with Gasteiger partial charge in [0.05, 0.1) is 24.1 Å². The van der Waals surface area contributed by atoms with E-state index in [1.807, 2.05) is 19.9 Å². The number of esters is 1. The third-order valence-electron chi connectivity index (χ3n) is 2.52. The predicted octanol–water partition coefficient (Wildman–Crippen LogP) is 2.40. The molecule has 2 N–H and O–H groups in total. The number of aromatic nitrogens is 3. The molecule has 2 rings (SSSR count). The van der Waals surface area contributed by atoms with Gasteiger partial charge in [-0.2, -0.15) is 0 Å². The van der Waals surface area contributed by atoms with E-state index in [0.717, 1.165) is 11.4 Å². The van der Waals surface area contributed by atoms with Crippen molar-refractivity contribution in [1.29, 1.82) is 0 Å². The number of nitrogens with two attached hydrogens (primary N) is 1. The quantitative estimate of drug-likeness (QED) is 0.685. The van der Waals surface area contributed by atoms with Crippen molar-refractivity contribution < 1.29 is 9.53 Å². The second-order valence-corrected chi connectivity index (χ2v) is 5.33. The second kappa shape index (κ2) is 6.53. The number of anilines is 1. The van der Waals surface area contributed by atoms with Crippen molar-refractivity contribution in [3.05, 3.63) is 35.3 Å². The standard InChI is InChI=1S/C14H16N4O2S/c1-4-20-13(19)11-6-10(15)7-16-12(11)21-14-17-8(2)5-9(3)18-14/h5-7H,4,15H2,1-3H3. The molecule has 0 radical (unpaired) electrons. The molecule has 0 unspecified atom stereocenters. The topological polar surface area (TPSA) is 91.0 Å². The average Bonchev–Trinajstić information content (AvgIpc) is 2.40. The van der Waals surface area contributed by atoms with E-state index >= 15 is 0 Å². The van der Waals surface area contributed by atoms with Crippen LogP contribution in [-0.4, -0.2) is 27.5 Å². The summed E-state index contributed by atoms with van der Waals surface area (Å²) in [6.07, 6.45) is 1.49. The van der Waals surface area contributed by atoms with Crippen molar-refractivity contribution in [3.63, 3.8) is 0 Å². The lowest BCUT2D eigenvalue weighted by Gasteiger charge is -2.08. The summed E-state index contributed by atoms with van der Waals surface area (Å²) in [7, 11) is 0. The molecule has 0 bridgehead atoms. The molecule has 0 spiro atoms. The predicted molar refractivity (Wildman–Crippen MR) is 80.2 cm³/mol. The highest BCUT2D eigenvalue weighted by molar-refractivity contribution is 7.99. The Balaban J connectivity index is 2.37. The van der Waals surface area contributed by atoms with Crippen molar-refractivity contribution in [2.45, 2.75) is 31.0 Å². The van der Waals surface area contributed by atoms with Gasteiger partial charge in [0, 0.05) is 11.4 Å². The highest BCUT2D eigenvalue weighted by Gasteiger charge is 2.17. The van der Waals surface area contributed by atoms with Crippen molar-refractivity contribution >= 4 is 23.4 Å². The molecule has 0 saturated heterocycles. The van der Waals surface area contributed by atoms with E-state index < -0.39 is 5.97 Å². The van der Waals surface area contributed by atoms with Gasteiger partial charge in [-0.05, 0) is 44.7 Å². The van der Waals surface area contributed by atoms with E-state index in [-0.39, 0.29) is 6.61 Å². The van der Waals surface area contributed by atoms with Gasteiger partial charge in [0.15, 0.2) is 5.16 Å². The Bertz CT molecular complexity index is 656. The zero-order chi connectivity index (χ0) is 15.4. The summed E-state index contributed by atoms with van der Waals surface area (Å²) in [5.41, 5.74) is 8.14. The summed E-state index contributed by atoms with van der Waals surface area (Å²) in [6.45, 7) is 5.82. The Morgan fingerprint density at radius 3 is 2.57 bits per heavy atom. The number of nitrogen functional groups attached to an aromatic ring is 1. The maximum absolute atomic E-state index is 12.0. The molecule has 0 aliphatic carbocycles. The van der Waals surface area contributed by atoms with Crippen molar-refractivity contribution in [1.82, 2.24) is 15.0 Å². The number of nitrogens with zero attached hydrogens (tertiary/aromatic N) is 3. The Morgan fingerprint density at radius 1 is 1.29 bits per heavy atom. The molecule has 0 aliphatic heterocycles. The van der Waals surface area contributed by atoms with Crippen LogP contribution in [0.5, 0.6) is 0 Å². The maximum Gasteiger partial charge on any atom is 0.340 e. The molecule has 6 nitrogen and oxygen atoms in total. The third kappa shape index (κ3) is 3.91. The van der Waals surface area contributed by atoms with Gasteiger partial charge in [-0.15, -0.1) is 0 Å². The van der Waals surface area contributed by atoms with Crippen molar-refractivity contribution in [2.75, 3.05) is 12.3 Å². The van der Waals surface area contributed by atoms with Gasteiger partial charge in [-0.25, -0.2) is 19.7 Å². The van der Waals surface area contributed by atoms with Crippen LogP contribution < -0.4 is 5.73 Å². The van der Waals surface area contributed by atoms with Gasteiger partial charge < -0.3 is 10.5 Å². The van der Waals surface area contributed by atoms with Crippen LogP contribution in [0, 0.1) is 13.8 Å². The van der Waals surface area contributed by atoms with Crippen LogP contribution in [0.2, 0.25) is 0 Å². The van der Waals surface area contributed by atoms with Crippen LogP contribution >= 0.6 is 11.8 Å². The highest BCUT2D eigenvalue weighted by atomic mass is 32.2. The van der Waals surface area contributed by atoms with Crippen LogP contribution in [0.3, 0.4) is 0 Å². The fourth-order valence-corrected chi connectivity index (χ4v) is 2.64. The van der Waals surface area contributed by atoms with Crippen LogP contribution in [0.1, 0.15) is 28.7 Å². The van der Waals surface area contributed by atoms with Gasteiger partial charge in [0.2, 0.25) is 0 Å². The Morgan fingerprint density at radius 2 is 1.95 bits per heavy atom. The molecule has 0 atom stereocenters. The lowest BCUT2D eigenvalue weighted by molar-refractivity contribution is 0.0521. The number of ether oxygens (including phenoxy) is 1. The van der Waals surface area contributed by atoms with E-state index in [1.54, 1.807) is 13.0 Å². The number of hydrogen-bond acceptors (Lipinski definition) is 7. The molecule has 0 fully saturated rings. The number of pyridine rings is 1. The lowest BCUT2D eigenvalue weighted by Crippen LogP contribution is -2.08. The molecule has 2 heterocycles. The Hall–Kier alpha value is -2.15. The first kappa shape index (κ1) is 15.2. The lowest BCUT2D eigenvalue weighted by atomic mass is 10.3. The molecule has 0 amide bonds. The van der Waals surface area contributed by atoms with Gasteiger partial charge in [0.25, 0.3) is 0 Å².